The van der Waals surface area contributed by atoms with Crippen LogP contribution in [-0.2, 0) is 12.0 Å². The number of amides is 1. The molecule has 138 valence electrons. The van der Waals surface area contributed by atoms with Crippen LogP contribution in [0.25, 0.3) is 0 Å². The Labute approximate surface area is 159 Å². The Morgan fingerprint density at radius 1 is 1.19 bits per heavy atom. The Balaban J connectivity index is 1.48. The molecule has 0 bridgehead atoms. The number of carbonyl (C=O) groups is 1. The molecule has 5 nitrogen and oxygen atoms in total. The van der Waals surface area contributed by atoms with Gasteiger partial charge in [0, 0.05) is 5.56 Å². The van der Waals surface area contributed by atoms with Gasteiger partial charge in [0.25, 0.3) is 5.91 Å². The fourth-order valence-electron chi connectivity index (χ4n) is 3.87. The van der Waals surface area contributed by atoms with E-state index in [1.54, 1.807) is 11.0 Å². The second kappa shape index (κ2) is 6.99. The lowest BCUT2D eigenvalue weighted by Crippen LogP contribution is -2.35. The van der Waals surface area contributed by atoms with Gasteiger partial charge < -0.3 is 5.32 Å². The monoisotopic (exact) mass is 360 g/mol. The summed E-state index contributed by atoms with van der Waals surface area (Å²) in [6, 6.07) is 16.2. The number of rotatable bonds is 4. The summed E-state index contributed by atoms with van der Waals surface area (Å²) in [7, 11) is 0. The predicted octanol–water partition coefficient (Wildman–Crippen LogP) is 3.87. The van der Waals surface area contributed by atoms with Crippen LogP contribution in [0.5, 0.6) is 0 Å². The zero-order valence-electron chi connectivity index (χ0n) is 15.7. The van der Waals surface area contributed by atoms with Gasteiger partial charge in [-0.25, -0.2) is 9.67 Å². The van der Waals surface area contributed by atoms with Crippen molar-refractivity contribution >= 4 is 5.91 Å². The molecule has 5 heteroatoms. The van der Waals surface area contributed by atoms with Gasteiger partial charge in [0.1, 0.15) is 12.7 Å². The fraction of sp³-hybridized carbons (Fsp3) is 0.318. The van der Waals surface area contributed by atoms with E-state index in [-0.39, 0.29) is 17.4 Å². The molecule has 0 spiro atoms. The average Bonchev–Trinajstić information content (AvgIpc) is 3.18. The molecule has 1 amide bonds. The molecule has 1 atom stereocenters. The van der Waals surface area contributed by atoms with E-state index >= 15 is 0 Å². The van der Waals surface area contributed by atoms with Crippen LogP contribution in [0, 0.1) is 0 Å². The number of carbonyl (C=O) groups excluding carboxylic acids is 1. The highest BCUT2D eigenvalue weighted by molar-refractivity contribution is 5.94. The minimum atomic E-state index is -0.0261. The van der Waals surface area contributed by atoms with E-state index in [1.807, 2.05) is 24.3 Å². The third kappa shape index (κ3) is 3.63. The van der Waals surface area contributed by atoms with Gasteiger partial charge in [-0.05, 0) is 47.1 Å². The van der Waals surface area contributed by atoms with Crippen LogP contribution in [0.3, 0.4) is 0 Å². The molecule has 2 aromatic carbocycles. The van der Waals surface area contributed by atoms with Crippen molar-refractivity contribution in [2.75, 3.05) is 0 Å². The van der Waals surface area contributed by atoms with Crippen molar-refractivity contribution in [2.24, 2.45) is 0 Å². The van der Waals surface area contributed by atoms with E-state index in [0.717, 1.165) is 18.4 Å². The van der Waals surface area contributed by atoms with E-state index < -0.39 is 0 Å². The van der Waals surface area contributed by atoms with Crippen molar-refractivity contribution in [1.82, 2.24) is 20.1 Å². The van der Waals surface area contributed by atoms with Crippen LogP contribution in [0.1, 0.15) is 59.8 Å². The third-order valence-electron chi connectivity index (χ3n) is 5.46. The minimum Gasteiger partial charge on any atom is -0.345 e. The van der Waals surface area contributed by atoms with Crippen LogP contribution >= 0.6 is 0 Å². The zero-order valence-corrected chi connectivity index (χ0v) is 15.7. The molecule has 1 aliphatic carbocycles. The number of nitrogens with one attached hydrogen (secondary N) is 1. The number of benzene rings is 2. The maximum atomic E-state index is 12.8. The number of aromatic nitrogens is 3. The van der Waals surface area contributed by atoms with Crippen LogP contribution in [-0.4, -0.2) is 20.7 Å². The Hall–Kier alpha value is -2.95. The van der Waals surface area contributed by atoms with E-state index in [4.69, 9.17) is 0 Å². The summed E-state index contributed by atoms with van der Waals surface area (Å²) in [5, 5.41) is 7.33. The number of hydrogen-bond donors (Lipinski definition) is 1. The van der Waals surface area contributed by atoms with E-state index in [0.29, 0.717) is 12.1 Å². The fourth-order valence-corrected chi connectivity index (χ4v) is 3.87. The van der Waals surface area contributed by atoms with Crippen LogP contribution in [0.15, 0.2) is 61.2 Å². The molecule has 4 rings (SSSR count). The van der Waals surface area contributed by atoms with Crippen molar-refractivity contribution in [3.8, 4) is 0 Å². The highest BCUT2D eigenvalue weighted by Crippen LogP contribution is 2.41. The number of fused-ring (bicyclic) bond motifs is 1. The van der Waals surface area contributed by atoms with Crippen molar-refractivity contribution in [3.05, 3.63) is 83.4 Å². The molecule has 0 saturated heterocycles. The molecule has 0 aliphatic heterocycles. The smallest absolute Gasteiger partial charge is 0.251 e. The predicted molar refractivity (Wildman–Crippen MR) is 104 cm³/mol. The summed E-state index contributed by atoms with van der Waals surface area (Å²) in [6.07, 6.45) is 5.22. The van der Waals surface area contributed by atoms with E-state index in [9.17, 15) is 4.79 Å². The van der Waals surface area contributed by atoms with Gasteiger partial charge in [0.15, 0.2) is 0 Å². The lowest BCUT2D eigenvalue weighted by molar-refractivity contribution is 0.0929. The Morgan fingerprint density at radius 3 is 2.70 bits per heavy atom. The SMILES string of the molecule is CC1(C)CC[C@@H](NC(=O)c2ccc(Cn3cncn3)cc2)c2ccccc21. The minimum absolute atomic E-state index is 0.0261. The highest BCUT2D eigenvalue weighted by atomic mass is 16.1. The normalized spacial score (nSPS) is 17.9. The largest absolute Gasteiger partial charge is 0.345 e. The van der Waals surface area contributed by atoms with Gasteiger partial charge in [-0.1, -0.05) is 50.2 Å². The first-order valence-electron chi connectivity index (χ1n) is 9.34. The van der Waals surface area contributed by atoms with E-state index in [1.165, 1.54) is 17.5 Å². The Kier molecular flexibility index (Phi) is 4.52. The molecule has 1 aromatic heterocycles. The maximum absolute atomic E-state index is 12.8. The molecule has 3 aromatic rings. The Bertz CT molecular complexity index is 929. The van der Waals surface area contributed by atoms with E-state index in [2.05, 4.69) is 53.5 Å². The Morgan fingerprint density at radius 2 is 1.96 bits per heavy atom. The van der Waals surface area contributed by atoms with Crippen LogP contribution < -0.4 is 5.32 Å². The standard InChI is InChI=1S/C22H24N4O/c1-22(2)12-11-20(18-5-3-4-6-19(18)22)25-21(27)17-9-7-16(8-10-17)13-26-15-23-14-24-26/h3-10,14-15,20H,11-13H2,1-2H3,(H,25,27)/t20-/m1/s1. The van der Waals surface area contributed by atoms with Crippen molar-refractivity contribution < 1.29 is 4.79 Å². The second-order valence-electron chi connectivity index (χ2n) is 7.83. The van der Waals surface area contributed by atoms with Gasteiger partial charge in [-0.2, -0.15) is 5.10 Å². The molecule has 1 aliphatic rings. The molecule has 0 saturated carbocycles. The van der Waals surface area contributed by atoms with Crippen molar-refractivity contribution in [1.29, 1.82) is 0 Å². The first kappa shape index (κ1) is 17.5. The zero-order chi connectivity index (χ0) is 18.9. The van der Waals surface area contributed by atoms with Gasteiger partial charge in [-0.15, -0.1) is 0 Å². The molecule has 0 fully saturated rings. The molecule has 0 unspecified atom stereocenters. The number of hydrogen-bond acceptors (Lipinski definition) is 3. The third-order valence-corrected chi connectivity index (χ3v) is 5.46. The summed E-state index contributed by atoms with van der Waals surface area (Å²) >= 11 is 0. The first-order chi connectivity index (χ1) is 13.0. The van der Waals surface area contributed by atoms with Gasteiger partial charge >= 0.3 is 0 Å². The van der Waals surface area contributed by atoms with Gasteiger partial charge in [-0.3, -0.25) is 4.79 Å². The molecule has 0 radical (unpaired) electrons. The van der Waals surface area contributed by atoms with Gasteiger partial charge in [0.2, 0.25) is 0 Å². The lowest BCUT2D eigenvalue weighted by Gasteiger charge is -2.37. The lowest BCUT2D eigenvalue weighted by atomic mass is 9.71. The first-order valence-corrected chi connectivity index (χ1v) is 9.34. The summed E-state index contributed by atoms with van der Waals surface area (Å²) < 4.78 is 1.76. The van der Waals surface area contributed by atoms with Crippen molar-refractivity contribution in [3.63, 3.8) is 0 Å². The molecule has 27 heavy (non-hydrogen) atoms. The summed E-state index contributed by atoms with van der Waals surface area (Å²) in [5.41, 5.74) is 4.50. The average molecular weight is 360 g/mol. The molecular weight excluding hydrogens is 336 g/mol. The second-order valence-corrected chi connectivity index (χ2v) is 7.83. The number of nitrogens with zero attached hydrogens (tertiary/aromatic N) is 3. The van der Waals surface area contributed by atoms with Crippen molar-refractivity contribution in [2.45, 2.75) is 44.7 Å². The summed E-state index contributed by atoms with van der Waals surface area (Å²) in [6.45, 7) is 5.20. The van der Waals surface area contributed by atoms with Crippen LogP contribution in [0.2, 0.25) is 0 Å². The quantitative estimate of drug-likeness (QED) is 0.768. The van der Waals surface area contributed by atoms with Gasteiger partial charge in [0.05, 0.1) is 12.6 Å². The van der Waals surface area contributed by atoms with Crippen LogP contribution in [0.4, 0.5) is 0 Å². The molecule has 1 heterocycles. The topological polar surface area (TPSA) is 59.8 Å². The summed E-state index contributed by atoms with van der Waals surface area (Å²) in [5.74, 6) is -0.0261. The molecule has 1 N–H and O–H groups in total. The maximum Gasteiger partial charge on any atom is 0.251 e. The highest BCUT2D eigenvalue weighted by Gasteiger charge is 2.32. The summed E-state index contributed by atoms with van der Waals surface area (Å²) in [4.78, 5) is 16.7. The molecular formula is C22H24N4O.